The maximum atomic E-state index is 13.5. The lowest BCUT2D eigenvalue weighted by Crippen LogP contribution is -2.50. The molecular weight excluding hydrogens is 329 g/mol. The second-order valence-corrected chi connectivity index (χ2v) is 5.71. The fourth-order valence-corrected chi connectivity index (χ4v) is 2.57. The van der Waals surface area contributed by atoms with Gasteiger partial charge in [0.25, 0.3) is 0 Å². The number of likely N-dealkylation sites (tertiary alicyclic amines) is 1. The molecular formula is C17H22FN3O4. The molecule has 0 bridgehead atoms. The second kappa shape index (κ2) is 9.00. The van der Waals surface area contributed by atoms with E-state index < -0.39 is 17.6 Å². The summed E-state index contributed by atoms with van der Waals surface area (Å²) in [4.78, 5) is 36.9. The summed E-state index contributed by atoms with van der Waals surface area (Å²) in [6, 6.07) is 5.85. The third kappa shape index (κ3) is 5.44. The summed E-state index contributed by atoms with van der Waals surface area (Å²) in [6.07, 6.45) is 0.728. The summed E-state index contributed by atoms with van der Waals surface area (Å²) in [5, 5.41) is 5.03. The van der Waals surface area contributed by atoms with Gasteiger partial charge in [0.05, 0.1) is 6.61 Å². The quantitative estimate of drug-likeness (QED) is 0.798. The van der Waals surface area contributed by atoms with Crippen molar-refractivity contribution in [2.45, 2.75) is 32.4 Å². The van der Waals surface area contributed by atoms with E-state index in [1.807, 2.05) is 0 Å². The van der Waals surface area contributed by atoms with Crippen LogP contribution in [-0.2, 0) is 20.9 Å². The second-order valence-electron chi connectivity index (χ2n) is 5.71. The predicted molar refractivity (Wildman–Crippen MR) is 88.0 cm³/mol. The van der Waals surface area contributed by atoms with Crippen LogP contribution in [0.4, 0.5) is 9.18 Å². The first-order chi connectivity index (χ1) is 12.0. The lowest BCUT2D eigenvalue weighted by molar-refractivity contribution is -0.139. The lowest BCUT2D eigenvalue weighted by Gasteiger charge is -2.31. The highest BCUT2D eigenvalue weighted by Crippen LogP contribution is 2.11. The molecule has 0 atom stereocenters. The monoisotopic (exact) mass is 351 g/mol. The van der Waals surface area contributed by atoms with Crippen LogP contribution in [0.2, 0.25) is 0 Å². The third-order valence-corrected chi connectivity index (χ3v) is 3.96. The summed E-state index contributed by atoms with van der Waals surface area (Å²) < 4.78 is 18.4. The van der Waals surface area contributed by atoms with Gasteiger partial charge in [0.1, 0.15) is 5.82 Å². The molecule has 3 amide bonds. The van der Waals surface area contributed by atoms with E-state index in [1.165, 1.54) is 6.07 Å². The zero-order chi connectivity index (χ0) is 18.2. The summed E-state index contributed by atoms with van der Waals surface area (Å²) in [5.41, 5.74) is 0.311. The Balaban J connectivity index is 1.74. The smallest absolute Gasteiger partial charge is 0.409 e. The van der Waals surface area contributed by atoms with Crippen molar-refractivity contribution < 1.29 is 23.5 Å². The van der Waals surface area contributed by atoms with Crippen LogP contribution in [-0.4, -0.2) is 48.5 Å². The SMILES string of the molecule is CCOC(=O)N1CCC(NC(=O)C(=O)NCc2ccccc2F)CC1. The summed E-state index contributed by atoms with van der Waals surface area (Å²) in [6.45, 7) is 2.92. The standard InChI is InChI=1S/C17H22FN3O4/c1-2-25-17(24)21-9-7-13(8-10-21)20-16(23)15(22)19-11-12-5-3-4-6-14(12)18/h3-6,13H,2,7-11H2,1H3,(H,19,22)(H,20,23). The minimum Gasteiger partial charge on any atom is -0.450 e. The number of carbonyl (C=O) groups excluding carboxylic acids is 3. The molecule has 1 heterocycles. The van der Waals surface area contributed by atoms with Crippen LogP contribution >= 0.6 is 0 Å². The Kier molecular flexibility index (Phi) is 6.73. The maximum Gasteiger partial charge on any atom is 0.409 e. The van der Waals surface area contributed by atoms with E-state index in [4.69, 9.17) is 4.74 Å². The highest BCUT2D eigenvalue weighted by molar-refractivity contribution is 6.35. The first kappa shape index (κ1) is 18.7. The Morgan fingerprint density at radius 2 is 1.88 bits per heavy atom. The van der Waals surface area contributed by atoms with Gasteiger partial charge in [0.2, 0.25) is 0 Å². The van der Waals surface area contributed by atoms with Crippen molar-refractivity contribution in [1.82, 2.24) is 15.5 Å². The van der Waals surface area contributed by atoms with E-state index >= 15 is 0 Å². The predicted octanol–water partition coefficient (Wildman–Crippen LogP) is 1.18. The number of ether oxygens (including phenoxy) is 1. The van der Waals surface area contributed by atoms with Crippen molar-refractivity contribution in [2.75, 3.05) is 19.7 Å². The molecule has 1 aromatic rings. The molecule has 8 heteroatoms. The van der Waals surface area contributed by atoms with Crippen LogP contribution in [0.1, 0.15) is 25.3 Å². The average molecular weight is 351 g/mol. The van der Waals surface area contributed by atoms with Crippen LogP contribution in [0, 0.1) is 5.82 Å². The third-order valence-electron chi connectivity index (χ3n) is 3.96. The number of nitrogens with zero attached hydrogens (tertiary/aromatic N) is 1. The molecule has 1 saturated heterocycles. The Bertz CT molecular complexity index is 630. The van der Waals surface area contributed by atoms with Gasteiger partial charge in [-0.25, -0.2) is 9.18 Å². The van der Waals surface area contributed by atoms with Gasteiger partial charge in [-0.15, -0.1) is 0 Å². The highest BCUT2D eigenvalue weighted by Gasteiger charge is 2.26. The van der Waals surface area contributed by atoms with Crippen molar-refractivity contribution >= 4 is 17.9 Å². The number of halogens is 1. The largest absolute Gasteiger partial charge is 0.450 e. The van der Waals surface area contributed by atoms with Gasteiger partial charge >= 0.3 is 17.9 Å². The number of piperidine rings is 1. The van der Waals surface area contributed by atoms with Crippen LogP contribution in [0.5, 0.6) is 0 Å². The minimum atomic E-state index is -0.809. The van der Waals surface area contributed by atoms with E-state index in [9.17, 15) is 18.8 Å². The molecule has 0 aliphatic carbocycles. The van der Waals surface area contributed by atoms with Gasteiger partial charge in [-0.3, -0.25) is 9.59 Å². The van der Waals surface area contributed by atoms with Crippen molar-refractivity contribution in [3.05, 3.63) is 35.6 Å². The number of nitrogens with one attached hydrogen (secondary N) is 2. The zero-order valence-corrected chi connectivity index (χ0v) is 14.1. The van der Waals surface area contributed by atoms with Gasteiger partial charge in [0, 0.05) is 31.2 Å². The van der Waals surface area contributed by atoms with Crippen LogP contribution < -0.4 is 10.6 Å². The maximum absolute atomic E-state index is 13.5. The van der Waals surface area contributed by atoms with Crippen molar-refractivity contribution in [2.24, 2.45) is 0 Å². The Labute approximate surface area is 145 Å². The molecule has 1 fully saturated rings. The number of carbonyl (C=O) groups is 3. The van der Waals surface area contributed by atoms with Crippen molar-refractivity contribution in [3.8, 4) is 0 Å². The van der Waals surface area contributed by atoms with Gasteiger partial charge < -0.3 is 20.3 Å². The van der Waals surface area contributed by atoms with Crippen molar-refractivity contribution in [1.29, 1.82) is 0 Å². The Morgan fingerprint density at radius 3 is 2.52 bits per heavy atom. The topological polar surface area (TPSA) is 87.7 Å². The van der Waals surface area contributed by atoms with Gasteiger partial charge in [-0.1, -0.05) is 18.2 Å². The molecule has 2 N–H and O–H groups in total. The van der Waals surface area contributed by atoms with Crippen LogP contribution in [0.3, 0.4) is 0 Å². The van der Waals surface area contributed by atoms with Crippen molar-refractivity contribution in [3.63, 3.8) is 0 Å². The molecule has 136 valence electrons. The van der Waals surface area contributed by atoms with Crippen LogP contribution in [0.15, 0.2) is 24.3 Å². The van der Waals surface area contributed by atoms with Gasteiger partial charge in [-0.05, 0) is 25.8 Å². The summed E-state index contributed by atoms with van der Waals surface area (Å²) in [7, 11) is 0. The Morgan fingerprint density at radius 1 is 1.20 bits per heavy atom. The van der Waals surface area contributed by atoms with Crippen LogP contribution in [0.25, 0.3) is 0 Å². The van der Waals surface area contributed by atoms with E-state index in [0.29, 0.717) is 38.1 Å². The molecule has 1 aliphatic rings. The number of amides is 3. The number of hydrogen-bond donors (Lipinski definition) is 2. The molecule has 25 heavy (non-hydrogen) atoms. The first-order valence-electron chi connectivity index (χ1n) is 8.25. The lowest BCUT2D eigenvalue weighted by atomic mass is 10.1. The number of rotatable bonds is 4. The highest BCUT2D eigenvalue weighted by atomic mass is 19.1. The molecule has 0 radical (unpaired) electrons. The fraction of sp³-hybridized carbons (Fsp3) is 0.471. The van der Waals surface area contributed by atoms with Gasteiger partial charge in [0.15, 0.2) is 0 Å². The average Bonchev–Trinajstić information content (AvgIpc) is 2.61. The minimum absolute atomic E-state index is 0.0553. The molecule has 1 aromatic carbocycles. The normalized spacial score (nSPS) is 14.7. The molecule has 0 saturated carbocycles. The molecule has 0 spiro atoms. The zero-order valence-electron chi connectivity index (χ0n) is 14.1. The van der Waals surface area contributed by atoms with E-state index in [-0.39, 0.29) is 18.7 Å². The van der Waals surface area contributed by atoms with E-state index in [0.717, 1.165) is 0 Å². The molecule has 0 aromatic heterocycles. The fourth-order valence-electron chi connectivity index (χ4n) is 2.57. The number of benzene rings is 1. The molecule has 2 rings (SSSR count). The molecule has 7 nitrogen and oxygen atoms in total. The van der Waals surface area contributed by atoms with Gasteiger partial charge in [-0.2, -0.15) is 0 Å². The Hall–Kier alpha value is -2.64. The summed E-state index contributed by atoms with van der Waals surface area (Å²) >= 11 is 0. The van der Waals surface area contributed by atoms with E-state index in [1.54, 1.807) is 30.0 Å². The van der Waals surface area contributed by atoms with E-state index in [2.05, 4.69) is 10.6 Å². The summed E-state index contributed by atoms with van der Waals surface area (Å²) in [5.74, 6) is -2.00. The first-order valence-corrected chi connectivity index (χ1v) is 8.25. The molecule has 1 aliphatic heterocycles. The number of hydrogen-bond acceptors (Lipinski definition) is 4. The molecule has 0 unspecified atom stereocenters.